The molecule has 0 unspecified atom stereocenters. The van der Waals surface area contributed by atoms with Crippen molar-refractivity contribution in [3.8, 4) is 22.6 Å². The van der Waals surface area contributed by atoms with Crippen LogP contribution in [0.5, 0.6) is 11.5 Å². The van der Waals surface area contributed by atoms with E-state index in [2.05, 4.69) is 10.8 Å². The van der Waals surface area contributed by atoms with E-state index in [0.29, 0.717) is 30.8 Å². The number of hydrogen-bond acceptors (Lipinski definition) is 4. The molecule has 0 bridgehead atoms. The van der Waals surface area contributed by atoms with E-state index in [1.807, 2.05) is 31.3 Å². The maximum atomic E-state index is 11.8. The van der Waals surface area contributed by atoms with Gasteiger partial charge in [-0.1, -0.05) is 12.1 Å². The third kappa shape index (κ3) is 5.45. The SMILES string of the molecule is CCOC(=O)CCc1c[n+](CC2CC2)ccc1-c1cccc(OC)c1O.[Br-]. The van der Waals surface area contributed by atoms with Crippen molar-refractivity contribution >= 4 is 5.97 Å². The summed E-state index contributed by atoms with van der Waals surface area (Å²) in [6.45, 7) is 3.19. The van der Waals surface area contributed by atoms with E-state index in [1.54, 1.807) is 6.07 Å². The molecule has 1 saturated carbocycles. The summed E-state index contributed by atoms with van der Waals surface area (Å²) in [6, 6.07) is 7.46. The molecule has 3 rings (SSSR count). The van der Waals surface area contributed by atoms with Crippen LogP contribution in [0, 0.1) is 5.92 Å². The molecule has 1 N–H and O–H groups in total. The van der Waals surface area contributed by atoms with Gasteiger partial charge in [-0.3, -0.25) is 4.79 Å². The Morgan fingerprint density at radius 2 is 2.04 bits per heavy atom. The molecule has 1 aliphatic carbocycles. The summed E-state index contributed by atoms with van der Waals surface area (Å²) in [4.78, 5) is 11.8. The van der Waals surface area contributed by atoms with Gasteiger partial charge in [0.2, 0.25) is 0 Å². The molecule has 1 heterocycles. The van der Waals surface area contributed by atoms with Gasteiger partial charge in [-0.25, -0.2) is 4.57 Å². The number of halogens is 1. The number of carbonyl (C=O) groups excluding carboxylic acids is 1. The molecule has 1 aromatic heterocycles. The van der Waals surface area contributed by atoms with E-state index in [-0.39, 0.29) is 28.7 Å². The first-order valence-electron chi connectivity index (χ1n) is 9.16. The fourth-order valence-corrected chi connectivity index (χ4v) is 3.14. The van der Waals surface area contributed by atoms with Crippen molar-refractivity contribution in [1.82, 2.24) is 0 Å². The topological polar surface area (TPSA) is 59.6 Å². The summed E-state index contributed by atoms with van der Waals surface area (Å²) >= 11 is 0. The lowest BCUT2D eigenvalue weighted by molar-refractivity contribution is -0.700. The van der Waals surface area contributed by atoms with Gasteiger partial charge in [-0.2, -0.15) is 0 Å². The first-order valence-corrected chi connectivity index (χ1v) is 9.16. The van der Waals surface area contributed by atoms with Crippen LogP contribution in [-0.4, -0.2) is 24.8 Å². The second-order valence-corrected chi connectivity index (χ2v) is 6.69. The monoisotopic (exact) mass is 435 g/mol. The Labute approximate surface area is 170 Å². The number of phenolic OH excluding ortho intramolecular Hbond substituents is 1. The average Bonchev–Trinajstić information content (AvgIpc) is 3.45. The largest absolute Gasteiger partial charge is 1.00 e. The number of para-hydroxylation sites is 1. The summed E-state index contributed by atoms with van der Waals surface area (Å²) in [5, 5.41) is 10.5. The number of pyridine rings is 1. The molecule has 0 aliphatic heterocycles. The van der Waals surface area contributed by atoms with Gasteiger partial charge in [-0.15, -0.1) is 0 Å². The van der Waals surface area contributed by atoms with Crippen molar-refractivity contribution in [2.24, 2.45) is 5.92 Å². The predicted octanol–water partition coefficient (Wildman–Crippen LogP) is 0.265. The Bertz CT molecular complexity index is 790. The van der Waals surface area contributed by atoms with Gasteiger partial charge in [0.15, 0.2) is 30.4 Å². The van der Waals surface area contributed by atoms with Crippen LogP contribution in [0.15, 0.2) is 36.7 Å². The van der Waals surface area contributed by atoms with Gasteiger partial charge in [0.1, 0.15) is 0 Å². The van der Waals surface area contributed by atoms with Gasteiger partial charge in [-0.05, 0) is 32.3 Å². The summed E-state index contributed by atoms with van der Waals surface area (Å²) in [7, 11) is 1.54. The number of nitrogens with zero attached hydrogens (tertiary/aromatic N) is 1. The number of hydrogen-bond donors (Lipinski definition) is 1. The number of aromatic nitrogens is 1. The third-order valence-electron chi connectivity index (χ3n) is 4.68. The van der Waals surface area contributed by atoms with Crippen molar-refractivity contribution in [3.63, 3.8) is 0 Å². The lowest BCUT2D eigenvalue weighted by atomic mass is 9.97. The molecule has 1 aliphatic rings. The van der Waals surface area contributed by atoms with Gasteiger partial charge in [0, 0.05) is 35.1 Å². The number of aromatic hydroxyl groups is 1. The zero-order valence-corrected chi connectivity index (χ0v) is 17.4. The molecule has 0 amide bonds. The second kappa shape index (κ2) is 9.74. The van der Waals surface area contributed by atoms with Gasteiger partial charge >= 0.3 is 5.97 Å². The number of carbonyl (C=O) groups is 1. The van der Waals surface area contributed by atoms with Crippen molar-refractivity contribution < 1.29 is 40.9 Å². The summed E-state index contributed by atoms with van der Waals surface area (Å²) in [5.74, 6) is 1.11. The summed E-state index contributed by atoms with van der Waals surface area (Å²) in [6.07, 6.45) is 7.58. The molecule has 27 heavy (non-hydrogen) atoms. The molecule has 146 valence electrons. The lowest BCUT2D eigenvalue weighted by Gasteiger charge is -2.12. The quantitative estimate of drug-likeness (QED) is 0.477. The zero-order chi connectivity index (χ0) is 18.5. The normalized spacial score (nSPS) is 13.0. The zero-order valence-electron chi connectivity index (χ0n) is 15.8. The minimum Gasteiger partial charge on any atom is -1.00 e. The first kappa shape index (κ1) is 21.2. The molecule has 6 heteroatoms. The van der Waals surface area contributed by atoms with E-state index in [1.165, 1.54) is 20.0 Å². The Kier molecular flexibility index (Phi) is 7.66. The number of methoxy groups -OCH3 is 1. The second-order valence-electron chi connectivity index (χ2n) is 6.69. The van der Waals surface area contributed by atoms with E-state index in [0.717, 1.165) is 23.6 Å². The number of aryl methyl sites for hydroxylation is 1. The standard InChI is InChI=1S/C21H25NO4.BrH/c1-3-26-20(23)10-9-16-14-22(13-15-7-8-15)12-11-17(16)18-5-4-6-19(25-2)21(18)24;/h4-6,11-12,14-15H,3,7-10,13H2,1-2H3;1H. The minimum atomic E-state index is -0.203. The Morgan fingerprint density at radius 1 is 1.26 bits per heavy atom. The molecular weight excluding hydrogens is 410 g/mol. The number of esters is 1. The van der Waals surface area contributed by atoms with Crippen LogP contribution >= 0.6 is 0 Å². The van der Waals surface area contributed by atoms with Gasteiger partial charge < -0.3 is 31.6 Å². The molecule has 2 aromatic rings. The number of benzene rings is 1. The van der Waals surface area contributed by atoms with Crippen LogP contribution in [0.3, 0.4) is 0 Å². The van der Waals surface area contributed by atoms with Crippen LogP contribution < -0.4 is 26.3 Å². The maximum Gasteiger partial charge on any atom is 0.306 e. The average molecular weight is 436 g/mol. The minimum absolute atomic E-state index is 0. The van der Waals surface area contributed by atoms with E-state index < -0.39 is 0 Å². The van der Waals surface area contributed by atoms with Crippen LogP contribution in [0.4, 0.5) is 0 Å². The third-order valence-corrected chi connectivity index (χ3v) is 4.68. The summed E-state index contributed by atoms with van der Waals surface area (Å²) < 4.78 is 12.5. The fourth-order valence-electron chi connectivity index (χ4n) is 3.14. The molecule has 1 aromatic carbocycles. The maximum absolute atomic E-state index is 11.8. The smallest absolute Gasteiger partial charge is 0.306 e. The van der Waals surface area contributed by atoms with Crippen LogP contribution in [0.25, 0.3) is 11.1 Å². The predicted molar refractivity (Wildman–Crippen MR) is 98.0 cm³/mol. The van der Waals surface area contributed by atoms with E-state index in [9.17, 15) is 9.90 Å². The molecule has 0 atom stereocenters. The van der Waals surface area contributed by atoms with Gasteiger partial charge in [0.25, 0.3) is 0 Å². The Hall–Kier alpha value is -2.08. The van der Waals surface area contributed by atoms with Crippen LogP contribution in [0.2, 0.25) is 0 Å². The highest BCUT2D eigenvalue weighted by Crippen LogP contribution is 2.38. The van der Waals surface area contributed by atoms with Crippen molar-refractivity contribution in [1.29, 1.82) is 0 Å². The number of rotatable bonds is 8. The van der Waals surface area contributed by atoms with Crippen molar-refractivity contribution in [3.05, 3.63) is 42.2 Å². The highest BCUT2D eigenvalue weighted by atomic mass is 79.9. The lowest BCUT2D eigenvalue weighted by Crippen LogP contribution is -3.00. The molecule has 1 fully saturated rings. The molecule has 0 radical (unpaired) electrons. The first-order chi connectivity index (χ1) is 12.6. The van der Waals surface area contributed by atoms with Crippen molar-refractivity contribution in [2.75, 3.05) is 13.7 Å². The van der Waals surface area contributed by atoms with E-state index >= 15 is 0 Å². The molecule has 5 nitrogen and oxygen atoms in total. The Morgan fingerprint density at radius 3 is 2.70 bits per heavy atom. The van der Waals surface area contributed by atoms with Crippen molar-refractivity contribution in [2.45, 2.75) is 39.2 Å². The van der Waals surface area contributed by atoms with Crippen LogP contribution in [-0.2, 0) is 22.5 Å². The molecule has 0 spiro atoms. The molecular formula is C21H26BrNO4. The highest BCUT2D eigenvalue weighted by Gasteiger charge is 2.26. The number of phenols is 1. The summed E-state index contributed by atoms with van der Waals surface area (Å²) in [5.41, 5.74) is 2.64. The van der Waals surface area contributed by atoms with Crippen LogP contribution in [0.1, 0.15) is 31.7 Å². The number of ether oxygens (including phenoxy) is 2. The fraction of sp³-hybridized carbons (Fsp3) is 0.429. The highest BCUT2D eigenvalue weighted by molar-refractivity contribution is 5.76. The molecule has 0 saturated heterocycles. The van der Waals surface area contributed by atoms with Gasteiger partial charge in [0.05, 0.1) is 13.7 Å². The Balaban J connectivity index is 0.00000261. The van der Waals surface area contributed by atoms with E-state index in [4.69, 9.17) is 9.47 Å².